The van der Waals surface area contributed by atoms with Crippen molar-refractivity contribution in [3.63, 3.8) is 0 Å². The third kappa shape index (κ3) is 5.03. The summed E-state index contributed by atoms with van der Waals surface area (Å²) >= 11 is 7.46. The fourth-order valence-electron chi connectivity index (χ4n) is 4.03. The highest BCUT2D eigenvalue weighted by molar-refractivity contribution is 7.14. The number of carbonyl (C=O) groups excluding carboxylic acids is 2. The van der Waals surface area contributed by atoms with Crippen LogP contribution in [0.2, 0.25) is 5.02 Å². The van der Waals surface area contributed by atoms with E-state index in [-0.39, 0.29) is 11.8 Å². The SMILES string of the molecule is CC(=O)NCCCc1ccc(-c2csc(NC(=O)C3(c4ccc(Cl)cc4)CCC3)n2)cc1. The largest absolute Gasteiger partial charge is 0.356 e. The van der Waals surface area contributed by atoms with Crippen LogP contribution in [0.1, 0.15) is 43.7 Å². The Hall–Kier alpha value is -2.70. The van der Waals surface area contributed by atoms with E-state index in [1.54, 1.807) is 0 Å². The quantitative estimate of drug-likeness (QED) is 0.424. The van der Waals surface area contributed by atoms with E-state index in [1.165, 1.54) is 23.8 Å². The van der Waals surface area contributed by atoms with Crippen molar-refractivity contribution >= 4 is 39.9 Å². The van der Waals surface area contributed by atoms with Crippen molar-refractivity contribution in [3.8, 4) is 11.3 Å². The van der Waals surface area contributed by atoms with Gasteiger partial charge in [-0.05, 0) is 48.9 Å². The van der Waals surface area contributed by atoms with Gasteiger partial charge in [0.15, 0.2) is 5.13 Å². The van der Waals surface area contributed by atoms with Crippen LogP contribution in [0.25, 0.3) is 11.3 Å². The fourth-order valence-corrected chi connectivity index (χ4v) is 4.87. The van der Waals surface area contributed by atoms with E-state index >= 15 is 0 Å². The summed E-state index contributed by atoms with van der Waals surface area (Å²) in [5, 5.41) is 9.12. The molecule has 32 heavy (non-hydrogen) atoms. The van der Waals surface area contributed by atoms with Crippen molar-refractivity contribution in [1.82, 2.24) is 10.3 Å². The summed E-state index contributed by atoms with van der Waals surface area (Å²) in [5.74, 6) is 0.00432. The molecule has 0 saturated heterocycles. The van der Waals surface area contributed by atoms with Crippen molar-refractivity contribution in [3.05, 3.63) is 70.1 Å². The average Bonchev–Trinajstić information content (AvgIpc) is 3.20. The molecule has 0 radical (unpaired) electrons. The van der Waals surface area contributed by atoms with Crippen LogP contribution in [0.5, 0.6) is 0 Å². The summed E-state index contributed by atoms with van der Waals surface area (Å²) in [6, 6.07) is 15.9. The van der Waals surface area contributed by atoms with E-state index in [9.17, 15) is 9.59 Å². The maximum Gasteiger partial charge on any atom is 0.236 e. The lowest BCUT2D eigenvalue weighted by Crippen LogP contribution is -2.45. The van der Waals surface area contributed by atoms with Gasteiger partial charge in [-0.2, -0.15) is 0 Å². The number of anilines is 1. The molecule has 2 amide bonds. The highest BCUT2D eigenvalue weighted by Gasteiger charge is 2.45. The molecule has 0 unspecified atom stereocenters. The molecule has 0 atom stereocenters. The minimum atomic E-state index is -0.491. The molecule has 1 saturated carbocycles. The highest BCUT2D eigenvalue weighted by atomic mass is 35.5. The lowest BCUT2D eigenvalue weighted by molar-refractivity contribution is -0.124. The van der Waals surface area contributed by atoms with Crippen LogP contribution in [-0.4, -0.2) is 23.3 Å². The maximum atomic E-state index is 13.2. The lowest BCUT2D eigenvalue weighted by Gasteiger charge is -2.40. The summed E-state index contributed by atoms with van der Waals surface area (Å²) in [4.78, 5) is 28.7. The van der Waals surface area contributed by atoms with Gasteiger partial charge in [0.2, 0.25) is 11.8 Å². The topological polar surface area (TPSA) is 71.1 Å². The van der Waals surface area contributed by atoms with Crippen LogP contribution in [0.15, 0.2) is 53.9 Å². The van der Waals surface area contributed by atoms with E-state index in [1.807, 2.05) is 29.6 Å². The summed E-state index contributed by atoms with van der Waals surface area (Å²) in [7, 11) is 0. The second-order valence-corrected chi connectivity index (χ2v) is 9.51. The first-order chi connectivity index (χ1) is 15.5. The monoisotopic (exact) mass is 467 g/mol. The predicted octanol–water partition coefficient (Wildman–Crippen LogP) is 5.59. The van der Waals surface area contributed by atoms with Crippen molar-refractivity contribution in [2.75, 3.05) is 11.9 Å². The number of amides is 2. The van der Waals surface area contributed by atoms with Crippen LogP contribution >= 0.6 is 22.9 Å². The number of aromatic nitrogens is 1. The van der Waals surface area contributed by atoms with Crippen molar-refractivity contribution < 1.29 is 9.59 Å². The zero-order chi connectivity index (χ0) is 22.6. The Kier molecular flexibility index (Phi) is 6.92. The molecule has 166 valence electrons. The van der Waals surface area contributed by atoms with Gasteiger partial charge >= 0.3 is 0 Å². The Morgan fingerprint density at radius 1 is 1.09 bits per heavy atom. The normalized spacial score (nSPS) is 14.4. The zero-order valence-electron chi connectivity index (χ0n) is 18.0. The summed E-state index contributed by atoms with van der Waals surface area (Å²) in [6.07, 6.45) is 4.52. The number of hydrogen-bond donors (Lipinski definition) is 2. The van der Waals surface area contributed by atoms with Gasteiger partial charge < -0.3 is 10.6 Å². The van der Waals surface area contributed by atoms with E-state index in [2.05, 4.69) is 39.9 Å². The smallest absolute Gasteiger partial charge is 0.236 e. The molecular formula is C25H26ClN3O2S. The second-order valence-electron chi connectivity index (χ2n) is 8.22. The van der Waals surface area contributed by atoms with Gasteiger partial charge in [-0.3, -0.25) is 9.59 Å². The molecule has 2 N–H and O–H groups in total. The van der Waals surface area contributed by atoms with Crippen LogP contribution in [0, 0.1) is 0 Å². The zero-order valence-corrected chi connectivity index (χ0v) is 19.6. The number of benzene rings is 2. The van der Waals surface area contributed by atoms with Crippen LogP contribution in [-0.2, 0) is 21.4 Å². The molecule has 1 fully saturated rings. The highest BCUT2D eigenvalue weighted by Crippen LogP contribution is 2.45. The molecule has 1 heterocycles. The number of hydrogen-bond acceptors (Lipinski definition) is 4. The van der Waals surface area contributed by atoms with Crippen LogP contribution in [0.4, 0.5) is 5.13 Å². The minimum absolute atomic E-state index is 0.00138. The fraction of sp³-hybridized carbons (Fsp3) is 0.320. The molecule has 0 spiro atoms. The van der Waals surface area contributed by atoms with Gasteiger partial charge in [0.05, 0.1) is 11.1 Å². The third-order valence-corrected chi connectivity index (χ3v) is 7.04. The second kappa shape index (κ2) is 9.84. The summed E-state index contributed by atoms with van der Waals surface area (Å²) in [5.41, 5.74) is 3.61. The van der Waals surface area contributed by atoms with Crippen LogP contribution in [0.3, 0.4) is 0 Å². The third-order valence-electron chi connectivity index (χ3n) is 6.03. The van der Waals surface area contributed by atoms with E-state index in [4.69, 9.17) is 11.6 Å². The minimum Gasteiger partial charge on any atom is -0.356 e. The predicted molar refractivity (Wildman–Crippen MR) is 130 cm³/mol. The van der Waals surface area contributed by atoms with Gasteiger partial charge in [0, 0.05) is 29.4 Å². The molecule has 2 aromatic carbocycles. The molecular weight excluding hydrogens is 442 g/mol. The number of carbonyl (C=O) groups is 2. The molecule has 1 aromatic heterocycles. The Labute approximate surface area is 197 Å². The summed E-state index contributed by atoms with van der Waals surface area (Å²) in [6.45, 7) is 2.22. The molecule has 4 rings (SSSR count). The van der Waals surface area contributed by atoms with Gasteiger partial charge in [-0.15, -0.1) is 11.3 Å². The Bertz CT molecular complexity index is 1090. The molecule has 7 heteroatoms. The Morgan fingerprint density at radius 2 is 1.81 bits per heavy atom. The lowest BCUT2D eigenvalue weighted by atomic mass is 9.64. The molecule has 1 aliphatic carbocycles. The van der Waals surface area contributed by atoms with Crippen LogP contribution < -0.4 is 10.6 Å². The van der Waals surface area contributed by atoms with Gasteiger partial charge in [-0.25, -0.2) is 4.98 Å². The van der Waals surface area contributed by atoms with E-state index < -0.39 is 5.41 Å². The Morgan fingerprint density at radius 3 is 2.44 bits per heavy atom. The molecule has 3 aromatic rings. The standard InChI is InChI=1S/C25H26ClN3O2S/c1-17(30)27-15-2-4-18-5-7-19(8-6-18)22-16-32-24(28-22)29-23(31)25(13-3-14-25)20-9-11-21(26)12-10-20/h5-12,16H,2-4,13-15H2,1H3,(H,27,30)(H,28,29,31). The Balaban J connectivity index is 1.39. The molecule has 5 nitrogen and oxygen atoms in total. The number of aryl methyl sites for hydroxylation is 1. The first-order valence-corrected chi connectivity index (χ1v) is 12.1. The number of nitrogens with zero attached hydrogens (tertiary/aromatic N) is 1. The van der Waals surface area contributed by atoms with Crippen molar-refractivity contribution in [2.24, 2.45) is 0 Å². The molecule has 0 aliphatic heterocycles. The number of nitrogens with one attached hydrogen (secondary N) is 2. The first kappa shape index (κ1) is 22.5. The number of rotatable bonds is 8. The molecule has 0 bridgehead atoms. The van der Waals surface area contributed by atoms with E-state index in [0.29, 0.717) is 16.7 Å². The maximum absolute atomic E-state index is 13.2. The van der Waals surface area contributed by atoms with Crippen molar-refractivity contribution in [2.45, 2.75) is 44.4 Å². The van der Waals surface area contributed by atoms with Gasteiger partial charge in [0.25, 0.3) is 0 Å². The van der Waals surface area contributed by atoms with E-state index in [0.717, 1.165) is 48.9 Å². The number of thiazole rings is 1. The van der Waals surface area contributed by atoms with Crippen molar-refractivity contribution in [1.29, 1.82) is 0 Å². The molecule has 1 aliphatic rings. The average molecular weight is 468 g/mol. The van der Waals surface area contributed by atoms with Gasteiger partial charge in [0.1, 0.15) is 0 Å². The first-order valence-electron chi connectivity index (χ1n) is 10.8. The number of halogens is 1. The van der Waals surface area contributed by atoms with Gasteiger partial charge in [-0.1, -0.05) is 54.4 Å². The summed E-state index contributed by atoms with van der Waals surface area (Å²) < 4.78 is 0.